The van der Waals surface area contributed by atoms with Crippen LogP contribution in [0.15, 0.2) is 11.8 Å². The highest BCUT2D eigenvalue weighted by Crippen LogP contribution is 2.39. The standard InChI is InChI=1S/C27H50N6O7/c1-14-21(20-6-4-5-16(39-20)12-32-11-15-9-31-10-15)17(29)7-18(33-25(36)19(34)8-28)23(14)40-26-22(35)24(30-3)27(2,37)13-38-26/h5,14-15,17-24,26,30-32,34-35,37H,4,6-13,28-29H2,1-3H3,(H,33,36)/p+1. The Bertz CT molecular complexity index is 874. The smallest absolute Gasteiger partial charge is 0.250 e. The fourth-order valence-electron chi connectivity index (χ4n) is 6.73. The topological polar surface area (TPSA) is 207 Å². The Labute approximate surface area is 236 Å². The van der Waals surface area contributed by atoms with Gasteiger partial charge in [-0.2, -0.15) is 0 Å². The Morgan fingerprint density at radius 2 is 2.15 bits per heavy atom. The van der Waals surface area contributed by atoms with E-state index in [1.807, 2.05) is 0 Å². The molecule has 13 nitrogen and oxygen atoms in total. The number of allylic oxidation sites excluding steroid dienone is 1. The van der Waals surface area contributed by atoms with Crippen molar-refractivity contribution in [3.05, 3.63) is 11.8 Å². The molecule has 11 atom stereocenters. The predicted octanol–water partition coefficient (Wildman–Crippen LogP) is -3.63. The SMILES string of the molecule is CNC1C(O)C(OC2C(NC(=O)C(O)CN)CC([NH3+])C(C3CCC=C(CNCC4CNC4)O3)C2C)OCC1(C)O. The number of rotatable bonds is 11. The summed E-state index contributed by atoms with van der Waals surface area (Å²) >= 11 is 0. The Kier molecular flexibility index (Phi) is 10.8. The number of carbonyl (C=O) groups is 1. The summed E-state index contributed by atoms with van der Waals surface area (Å²) in [6.45, 7) is 7.14. The van der Waals surface area contributed by atoms with Crippen LogP contribution in [-0.2, 0) is 19.0 Å². The molecule has 0 aromatic heterocycles. The molecule has 2 saturated heterocycles. The quantitative estimate of drug-likeness (QED) is 0.118. The van der Waals surface area contributed by atoms with E-state index in [0.717, 1.165) is 38.2 Å². The molecule has 3 heterocycles. The van der Waals surface area contributed by atoms with E-state index >= 15 is 0 Å². The van der Waals surface area contributed by atoms with Gasteiger partial charge in [0, 0.05) is 32.6 Å². The maximum Gasteiger partial charge on any atom is 0.250 e. The molecule has 0 bridgehead atoms. The highest BCUT2D eigenvalue weighted by molar-refractivity contribution is 5.81. The van der Waals surface area contributed by atoms with Crippen molar-refractivity contribution in [1.82, 2.24) is 21.3 Å². The van der Waals surface area contributed by atoms with E-state index in [9.17, 15) is 20.1 Å². The van der Waals surface area contributed by atoms with E-state index in [4.69, 9.17) is 19.9 Å². The Hall–Kier alpha value is -1.39. The van der Waals surface area contributed by atoms with Gasteiger partial charge in [-0.25, -0.2) is 0 Å². The first-order valence-electron chi connectivity index (χ1n) is 14.7. The molecule has 4 aliphatic rings. The van der Waals surface area contributed by atoms with Crippen LogP contribution in [0.2, 0.25) is 0 Å². The molecule has 1 aliphatic carbocycles. The number of nitrogens with two attached hydrogens (primary N) is 1. The highest BCUT2D eigenvalue weighted by atomic mass is 16.7. The van der Waals surface area contributed by atoms with Gasteiger partial charge in [0.1, 0.15) is 29.7 Å². The number of ether oxygens (including phenoxy) is 3. The minimum absolute atomic E-state index is 0.0149. The molecular weight excluding hydrogens is 520 g/mol. The molecule has 11 unspecified atom stereocenters. The number of nitrogens with one attached hydrogen (secondary N) is 4. The lowest BCUT2D eigenvalue weighted by Gasteiger charge is -2.49. The first-order valence-corrected chi connectivity index (χ1v) is 14.7. The van der Waals surface area contributed by atoms with Crippen LogP contribution in [0.25, 0.3) is 0 Å². The van der Waals surface area contributed by atoms with Gasteiger partial charge in [0.2, 0.25) is 5.91 Å². The van der Waals surface area contributed by atoms with Crippen LogP contribution in [0.5, 0.6) is 0 Å². The van der Waals surface area contributed by atoms with Gasteiger partial charge in [-0.15, -0.1) is 0 Å². The summed E-state index contributed by atoms with van der Waals surface area (Å²) in [5.41, 5.74) is 8.69. The first-order chi connectivity index (χ1) is 19.1. The van der Waals surface area contributed by atoms with E-state index in [0.29, 0.717) is 18.9 Å². The van der Waals surface area contributed by atoms with Crippen LogP contribution >= 0.6 is 0 Å². The zero-order valence-corrected chi connectivity index (χ0v) is 24.1. The highest BCUT2D eigenvalue weighted by Gasteiger charge is 2.52. The van der Waals surface area contributed by atoms with Crippen LogP contribution in [0, 0.1) is 17.8 Å². The van der Waals surface area contributed by atoms with Crippen LogP contribution in [0.1, 0.15) is 33.1 Å². The number of hydrogen-bond donors (Lipinski definition) is 9. The largest absolute Gasteiger partial charge is 0.493 e. The summed E-state index contributed by atoms with van der Waals surface area (Å²) in [5.74, 6) is 0.898. The molecule has 3 aliphatic heterocycles. The van der Waals surface area contributed by atoms with Crippen molar-refractivity contribution >= 4 is 5.91 Å². The molecule has 0 aromatic rings. The maximum atomic E-state index is 12.7. The van der Waals surface area contributed by atoms with Gasteiger partial charge in [0.05, 0.1) is 43.3 Å². The third-order valence-corrected chi connectivity index (χ3v) is 9.06. The van der Waals surface area contributed by atoms with Gasteiger partial charge in [-0.1, -0.05) is 6.92 Å². The van der Waals surface area contributed by atoms with Crippen molar-refractivity contribution < 1.29 is 40.1 Å². The van der Waals surface area contributed by atoms with Crippen molar-refractivity contribution in [3.8, 4) is 0 Å². The number of likely N-dealkylation sites (N-methyl/N-ethyl adjacent to an activating group) is 1. The molecule has 3 fully saturated rings. The normalized spacial score (nSPS) is 41.4. The fraction of sp³-hybridized carbons (Fsp3) is 0.889. The number of aliphatic hydroxyl groups excluding tert-OH is 2. The van der Waals surface area contributed by atoms with Gasteiger partial charge >= 0.3 is 0 Å². The van der Waals surface area contributed by atoms with Crippen molar-refractivity contribution in [1.29, 1.82) is 0 Å². The molecule has 1 saturated carbocycles. The van der Waals surface area contributed by atoms with Gasteiger partial charge in [-0.3, -0.25) is 4.79 Å². The van der Waals surface area contributed by atoms with Crippen molar-refractivity contribution in [2.45, 2.75) is 87.5 Å². The van der Waals surface area contributed by atoms with Crippen molar-refractivity contribution in [2.75, 3.05) is 46.4 Å². The lowest BCUT2D eigenvalue weighted by Crippen LogP contribution is -2.74. The second-order valence-corrected chi connectivity index (χ2v) is 12.3. The first kappa shape index (κ1) is 31.5. The molecule has 1 amide bonds. The summed E-state index contributed by atoms with van der Waals surface area (Å²) in [6.07, 6.45) is 0.221. The molecule has 0 radical (unpaired) electrons. The number of hydrogen-bond acceptors (Lipinski definition) is 11. The third kappa shape index (κ3) is 7.14. The summed E-state index contributed by atoms with van der Waals surface area (Å²) in [7, 11) is 1.66. The lowest BCUT2D eigenvalue weighted by molar-refractivity contribution is -0.453. The number of aliphatic hydroxyl groups is 3. The Morgan fingerprint density at radius 1 is 1.40 bits per heavy atom. The minimum Gasteiger partial charge on any atom is -0.493 e. The summed E-state index contributed by atoms with van der Waals surface area (Å²) in [4.78, 5) is 12.7. The van der Waals surface area contributed by atoms with E-state index in [1.54, 1.807) is 14.0 Å². The average Bonchev–Trinajstić information content (AvgIpc) is 2.88. The molecule has 40 heavy (non-hydrogen) atoms. The summed E-state index contributed by atoms with van der Waals surface area (Å²) in [5, 5.41) is 44.4. The van der Waals surface area contributed by atoms with Gasteiger partial charge in [0.25, 0.3) is 0 Å². The second-order valence-electron chi connectivity index (χ2n) is 12.3. The minimum atomic E-state index is -1.34. The predicted molar refractivity (Wildman–Crippen MR) is 146 cm³/mol. The third-order valence-electron chi connectivity index (χ3n) is 9.06. The monoisotopic (exact) mass is 571 g/mol. The molecule has 0 aromatic carbocycles. The van der Waals surface area contributed by atoms with E-state index in [2.05, 4.69) is 40.0 Å². The zero-order chi connectivity index (χ0) is 29.0. The summed E-state index contributed by atoms with van der Waals surface area (Å²) in [6, 6.07) is -1.23. The van der Waals surface area contributed by atoms with Gasteiger partial charge < -0.3 is 62.3 Å². The lowest BCUT2D eigenvalue weighted by atomic mass is 9.69. The van der Waals surface area contributed by atoms with Crippen molar-refractivity contribution in [2.24, 2.45) is 23.5 Å². The second kappa shape index (κ2) is 13.7. The fourth-order valence-corrected chi connectivity index (χ4v) is 6.73. The van der Waals surface area contributed by atoms with E-state index < -0.39 is 48.2 Å². The Morgan fingerprint density at radius 3 is 2.80 bits per heavy atom. The van der Waals surface area contributed by atoms with E-state index in [-0.39, 0.29) is 37.1 Å². The number of quaternary nitrogens is 1. The van der Waals surface area contributed by atoms with Crippen LogP contribution in [-0.4, -0.2) is 122 Å². The average molecular weight is 572 g/mol. The van der Waals surface area contributed by atoms with Crippen LogP contribution in [0.3, 0.4) is 0 Å². The van der Waals surface area contributed by atoms with Gasteiger partial charge in [0.15, 0.2) is 6.29 Å². The van der Waals surface area contributed by atoms with Gasteiger partial charge in [-0.05, 0) is 44.7 Å². The molecule has 12 N–H and O–H groups in total. The Balaban J connectivity index is 1.48. The maximum absolute atomic E-state index is 12.7. The molecule has 13 heteroatoms. The molecule has 230 valence electrons. The number of amides is 1. The molecule has 0 spiro atoms. The van der Waals surface area contributed by atoms with E-state index in [1.165, 1.54) is 0 Å². The number of carbonyl (C=O) groups excluding carboxylic acids is 1. The summed E-state index contributed by atoms with van der Waals surface area (Å²) < 4.78 is 18.8. The van der Waals surface area contributed by atoms with Crippen LogP contribution in [0.4, 0.5) is 0 Å². The zero-order valence-electron chi connectivity index (χ0n) is 24.1. The molecule has 4 rings (SSSR count). The van der Waals surface area contributed by atoms with Crippen molar-refractivity contribution in [3.63, 3.8) is 0 Å². The van der Waals surface area contributed by atoms with Crippen LogP contribution < -0.4 is 32.7 Å². The molecular formula is C27H51N6O7+.